The van der Waals surface area contributed by atoms with Gasteiger partial charge < -0.3 is 24.1 Å². The molecule has 1 aromatic heterocycles. The van der Waals surface area contributed by atoms with Crippen molar-refractivity contribution < 1.29 is 13.9 Å². The quantitative estimate of drug-likeness (QED) is 0.413. The summed E-state index contributed by atoms with van der Waals surface area (Å²) in [6.07, 6.45) is 7.07. The molecule has 0 saturated carbocycles. The van der Waals surface area contributed by atoms with Gasteiger partial charge in [0.2, 0.25) is 0 Å². The first kappa shape index (κ1) is 19.9. The Morgan fingerprint density at radius 1 is 1.23 bits per heavy atom. The van der Waals surface area contributed by atoms with Crippen LogP contribution in [-0.4, -0.2) is 63.0 Å². The maximum absolute atomic E-state index is 5.67. The highest BCUT2D eigenvalue weighted by Gasteiger charge is 2.42. The zero-order valence-electron chi connectivity index (χ0n) is 15.3. The second kappa shape index (κ2) is 9.41. The third-order valence-corrected chi connectivity index (χ3v) is 5.68. The fourth-order valence-electron chi connectivity index (χ4n) is 4.08. The standard InChI is InChI=1S/C19H29N3O3.HI/c1-2-17(25-10-1)3-8-20-18(21-16-4-11-23-12-5-16)22-9-6-19(14-22)7-13-24-15-19;/h1-2,10,16H,3-9,11-15H2,(H,20,21);1H. The van der Waals surface area contributed by atoms with E-state index in [1.165, 1.54) is 12.8 Å². The Kier molecular flexibility index (Phi) is 7.22. The van der Waals surface area contributed by atoms with E-state index in [4.69, 9.17) is 18.9 Å². The van der Waals surface area contributed by atoms with Crippen molar-refractivity contribution in [2.24, 2.45) is 10.4 Å². The summed E-state index contributed by atoms with van der Waals surface area (Å²) in [5.74, 6) is 2.05. The van der Waals surface area contributed by atoms with Crippen LogP contribution in [0.25, 0.3) is 0 Å². The highest BCUT2D eigenvalue weighted by atomic mass is 127. The van der Waals surface area contributed by atoms with E-state index in [1.807, 2.05) is 12.1 Å². The average Bonchev–Trinajstić information content (AvgIpc) is 3.39. The molecule has 26 heavy (non-hydrogen) atoms. The molecule has 3 saturated heterocycles. The molecule has 1 N–H and O–H groups in total. The van der Waals surface area contributed by atoms with Crippen LogP contribution in [0.4, 0.5) is 0 Å². The summed E-state index contributed by atoms with van der Waals surface area (Å²) in [6, 6.07) is 4.42. The van der Waals surface area contributed by atoms with Gasteiger partial charge in [-0.25, -0.2) is 0 Å². The molecule has 4 rings (SSSR count). The van der Waals surface area contributed by atoms with E-state index in [2.05, 4.69) is 10.2 Å². The van der Waals surface area contributed by atoms with Crippen LogP contribution >= 0.6 is 24.0 Å². The second-order valence-corrected chi connectivity index (χ2v) is 7.54. The van der Waals surface area contributed by atoms with Gasteiger partial charge in [-0.15, -0.1) is 24.0 Å². The Balaban J connectivity index is 0.00000196. The lowest BCUT2D eigenvalue weighted by atomic mass is 9.87. The highest BCUT2D eigenvalue weighted by molar-refractivity contribution is 14.0. The number of ether oxygens (including phenoxy) is 2. The molecule has 3 fully saturated rings. The molecule has 1 atom stereocenters. The molecule has 4 heterocycles. The summed E-state index contributed by atoms with van der Waals surface area (Å²) < 4.78 is 16.6. The number of rotatable bonds is 4. The normalized spacial score (nSPS) is 27.1. The van der Waals surface area contributed by atoms with Crippen LogP contribution in [0, 0.1) is 5.41 Å². The molecule has 1 unspecified atom stereocenters. The van der Waals surface area contributed by atoms with Gasteiger partial charge in [0, 0.05) is 57.3 Å². The van der Waals surface area contributed by atoms with Crippen LogP contribution in [-0.2, 0) is 15.9 Å². The van der Waals surface area contributed by atoms with Crippen molar-refractivity contribution in [3.8, 4) is 0 Å². The Hall–Kier alpha value is -0.800. The largest absolute Gasteiger partial charge is 0.469 e. The lowest BCUT2D eigenvalue weighted by Gasteiger charge is -2.30. The summed E-state index contributed by atoms with van der Waals surface area (Å²) in [5.41, 5.74) is 0.346. The minimum absolute atomic E-state index is 0. The van der Waals surface area contributed by atoms with Crippen LogP contribution < -0.4 is 5.32 Å². The molecule has 0 aromatic carbocycles. The number of halogens is 1. The van der Waals surface area contributed by atoms with Crippen molar-refractivity contribution in [3.05, 3.63) is 24.2 Å². The number of nitrogens with one attached hydrogen (secondary N) is 1. The molecule has 0 bridgehead atoms. The van der Waals surface area contributed by atoms with Gasteiger partial charge >= 0.3 is 0 Å². The van der Waals surface area contributed by atoms with Crippen LogP contribution in [0.1, 0.15) is 31.4 Å². The van der Waals surface area contributed by atoms with E-state index in [0.29, 0.717) is 11.5 Å². The Labute approximate surface area is 172 Å². The zero-order chi connectivity index (χ0) is 17.0. The maximum atomic E-state index is 5.67. The molecule has 0 amide bonds. The topological polar surface area (TPSA) is 59.2 Å². The van der Waals surface area contributed by atoms with Gasteiger partial charge in [-0.05, 0) is 37.8 Å². The summed E-state index contributed by atoms with van der Waals surface area (Å²) in [6.45, 7) is 6.37. The van der Waals surface area contributed by atoms with Crippen LogP contribution in [0.2, 0.25) is 0 Å². The smallest absolute Gasteiger partial charge is 0.194 e. The number of hydrogen-bond acceptors (Lipinski definition) is 4. The fourth-order valence-corrected chi connectivity index (χ4v) is 4.08. The van der Waals surface area contributed by atoms with E-state index in [9.17, 15) is 0 Å². The first-order chi connectivity index (χ1) is 12.3. The summed E-state index contributed by atoms with van der Waals surface area (Å²) in [5, 5.41) is 3.71. The lowest BCUT2D eigenvalue weighted by molar-refractivity contribution is 0.0815. The average molecular weight is 475 g/mol. The van der Waals surface area contributed by atoms with Gasteiger partial charge in [0.05, 0.1) is 12.9 Å². The Morgan fingerprint density at radius 2 is 2.12 bits per heavy atom. The molecule has 0 radical (unpaired) electrons. The SMILES string of the molecule is I.c1coc(CCN=C(NC2CCOCC2)N2CCC3(CCOC3)C2)c1. The van der Waals surface area contributed by atoms with Crippen LogP contribution in [0.15, 0.2) is 27.8 Å². The second-order valence-electron chi connectivity index (χ2n) is 7.54. The predicted octanol–water partition coefficient (Wildman–Crippen LogP) is 2.68. The molecule has 1 aromatic rings. The molecule has 3 aliphatic heterocycles. The summed E-state index contributed by atoms with van der Waals surface area (Å²) in [4.78, 5) is 7.36. The number of likely N-dealkylation sites (tertiary alicyclic amines) is 1. The predicted molar refractivity (Wildman–Crippen MR) is 111 cm³/mol. The van der Waals surface area contributed by atoms with Gasteiger partial charge in [0.15, 0.2) is 5.96 Å². The fraction of sp³-hybridized carbons (Fsp3) is 0.737. The molecular weight excluding hydrogens is 445 g/mol. The number of nitrogens with zero attached hydrogens (tertiary/aromatic N) is 2. The minimum atomic E-state index is 0. The van der Waals surface area contributed by atoms with Crippen molar-refractivity contribution in [2.75, 3.05) is 46.1 Å². The van der Waals surface area contributed by atoms with E-state index in [0.717, 1.165) is 77.0 Å². The van der Waals surface area contributed by atoms with Gasteiger partial charge in [-0.2, -0.15) is 0 Å². The monoisotopic (exact) mass is 475 g/mol. The molecular formula is C19H30IN3O3. The summed E-state index contributed by atoms with van der Waals surface area (Å²) in [7, 11) is 0. The molecule has 146 valence electrons. The minimum Gasteiger partial charge on any atom is -0.469 e. The van der Waals surface area contributed by atoms with Crippen molar-refractivity contribution in [1.29, 1.82) is 0 Å². The van der Waals surface area contributed by atoms with E-state index in [-0.39, 0.29) is 24.0 Å². The van der Waals surface area contributed by atoms with E-state index >= 15 is 0 Å². The Bertz CT molecular complexity index is 567. The van der Waals surface area contributed by atoms with Crippen molar-refractivity contribution >= 4 is 29.9 Å². The first-order valence-electron chi connectivity index (χ1n) is 9.57. The molecule has 3 aliphatic rings. The van der Waals surface area contributed by atoms with Gasteiger partial charge in [-0.3, -0.25) is 4.99 Å². The third-order valence-electron chi connectivity index (χ3n) is 5.68. The van der Waals surface area contributed by atoms with Crippen molar-refractivity contribution in [2.45, 2.75) is 38.1 Å². The third kappa shape index (κ3) is 4.92. The van der Waals surface area contributed by atoms with E-state index in [1.54, 1.807) is 6.26 Å². The molecule has 6 nitrogen and oxygen atoms in total. The van der Waals surface area contributed by atoms with E-state index < -0.39 is 0 Å². The number of hydrogen-bond donors (Lipinski definition) is 1. The number of furan rings is 1. The van der Waals surface area contributed by atoms with Gasteiger partial charge in [0.25, 0.3) is 0 Å². The molecule has 7 heteroatoms. The maximum Gasteiger partial charge on any atom is 0.194 e. The zero-order valence-corrected chi connectivity index (χ0v) is 17.7. The van der Waals surface area contributed by atoms with Crippen molar-refractivity contribution in [1.82, 2.24) is 10.2 Å². The van der Waals surface area contributed by atoms with Crippen LogP contribution in [0.5, 0.6) is 0 Å². The molecule has 0 aliphatic carbocycles. The lowest BCUT2D eigenvalue weighted by Crippen LogP contribution is -2.47. The van der Waals surface area contributed by atoms with Gasteiger partial charge in [0.1, 0.15) is 5.76 Å². The summed E-state index contributed by atoms with van der Waals surface area (Å²) >= 11 is 0. The molecule has 1 spiro atoms. The van der Waals surface area contributed by atoms with Crippen LogP contribution in [0.3, 0.4) is 0 Å². The number of guanidine groups is 1. The van der Waals surface area contributed by atoms with Gasteiger partial charge in [-0.1, -0.05) is 0 Å². The van der Waals surface area contributed by atoms with Crippen molar-refractivity contribution in [3.63, 3.8) is 0 Å². The highest BCUT2D eigenvalue weighted by Crippen LogP contribution is 2.38. The first-order valence-corrected chi connectivity index (χ1v) is 9.57. The Morgan fingerprint density at radius 3 is 2.85 bits per heavy atom. The number of aliphatic imine (C=N–C) groups is 1.